The molecule has 3 rings (SSSR count). The fraction of sp³-hybridized carbons (Fsp3) is 0.412. The van der Waals surface area contributed by atoms with Gasteiger partial charge in [-0.15, -0.1) is 0 Å². The topological polar surface area (TPSA) is 59.0 Å². The predicted molar refractivity (Wildman–Crippen MR) is 85.3 cm³/mol. The molecule has 1 atom stereocenters. The number of benzene rings is 1. The molecule has 1 aliphatic rings. The first-order valence-corrected chi connectivity index (χ1v) is 8.06. The van der Waals surface area contributed by atoms with Gasteiger partial charge < -0.3 is 10.6 Å². The van der Waals surface area contributed by atoms with Crippen molar-refractivity contribution in [3.8, 4) is 0 Å². The van der Waals surface area contributed by atoms with Crippen LogP contribution in [0.4, 0.5) is 8.78 Å². The van der Waals surface area contributed by atoms with Crippen molar-refractivity contribution in [3.63, 3.8) is 0 Å². The third-order valence-corrected chi connectivity index (χ3v) is 4.23. The molecule has 0 radical (unpaired) electrons. The van der Waals surface area contributed by atoms with Gasteiger partial charge in [-0.1, -0.05) is 6.07 Å². The summed E-state index contributed by atoms with van der Waals surface area (Å²) in [4.78, 5) is 12.1. The molecule has 0 saturated carbocycles. The summed E-state index contributed by atoms with van der Waals surface area (Å²) in [5.74, 6) is -1.66. The zero-order valence-electron chi connectivity index (χ0n) is 13.3. The second kappa shape index (κ2) is 7.53. The third-order valence-electron chi connectivity index (χ3n) is 4.23. The number of rotatable bonds is 5. The van der Waals surface area contributed by atoms with E-state index < -0.39 is 11.6 Å². The van der Waals surface area contributed by atoms with Crippen LogP contribution in [0.1, 0.15) is 30.0 Å². The van der Waals surface area contributed by atoms with E-state index in [4.69, 9.17) is 0 Å². The maximum atomic E-state index is 13.2. The molecule has 1 saturated heterocycles. The highest BCUT2D eigenvalue weighted by Crippen LogP contribution is 2.22. The molecule has 2 aromatic rings. The van der Waals surface area contributed by atoms with Gasteiger partial charge in [-0.25, -0.2) is 8.78 Å². The van der Waals surface area contributed by atoms with Crippen LogP contribution in [-0.2, 0) is 17.9 Å². The lowest BCUT2D eigenvalue weighted by atomic mass is 9.96. The van der Waals surface area contributed by atoms with Gasteiger partial charge in [0, 0.05) is 30.9 Å². The second-order valence-corrected chi connectivity index (χ2v) is 5.98. The molecule has 1 aliphatic heterocycles. The molecule has 2 N–H and O–H groups in total. The summed E-state index contributed by atoms with van der Waals surface area (Å²) in [6, 6.07) is 5.53. The number of piperidine rings is 1. The first-order chi connectivity index (χ1) is 11.6. The summed E-state index contributed by atoms with van der Waals surface area (Å²) in [5, 5.41) is 10.3. The minimum Gasteiger partial charge on any atom is -0.350 e. The number of halogens is 2. The maximum absolute atomic E-state index is 13.2. The fourth-order valence-corrected chi connectivity index (χ4v) is 2.97. The van der Waals surface area contributed by atoms with Gasteiger partial charge >= 0.3 is 0 Å². The fourth-order valence-electron chi connectivity index (χ4n) is 2.97. The summed E-state index contributed by atoms with van der Waals surface area (Å²) in [6.07, 6.45) is 3.89. The van der Waals surface area contributed by atoms with Crippen molar-refractivity contribution in [3.05, 3.63) is 53.4 Å². The van der Waals surface area contributed by atoms with E-state index in [0.29, 0.717) is 11.5 Å². The lowest BCUT2D eigenvalue weighted by Gasteiger charge is -2.23. The van der Waals surface area contributed by atoms with Crippen molar-refractivity contribution in [1.82, 2.24) is 20.4 Å². The smallest absolute Gasteiger partial charge is 0.242 e. The SMILES string of the molecule is O=C(Cn1nccc1[C@H]1CCCNC1)NCc1ccc(F)c(F)c1. The molecule has 5 nitrogen and oxygen atoms in total. The lowest BCUT2D eigenvalue weighted by Crippen LogP contribution is -2.32. The molecule has 128 valence electrons. The molecule has 0 spiro atoms. The van der Waals surface area contributed by atoms with Crippen LogP contribution in [0.3, 0.4) is 0 Å². The zero-order valence-corrected chi connectivity index (χ0v) is 13.3. The van der Waals surface area contributed by atoms with Crippen LogP contribution in [-0.4, -0.2) is 28.8 Å². The Labute approximate surface area is 139 Å². The summed E-state index contributed by atoms with van der Waals surface area (Å²) in [7, 11) is 0. The van der Waals surface area contributed by atoms with Crippen LogP contribution in [0.2, 0.25) is 0 Å². The van der Waals surface area contributed by atoms with Crippen molar-refractivity contribution in [2.24, 2.45) is 0 Å². The summed E-state index contributed by atoms with van der Waals surface area (Å²) < 4.78 is 27.8. The molecule has 1 amide bonds. The third kappa shape index (κ3) is 3.97. The molecule has 1 fully saturated rings. The van der Waals surface area contributed by atoms with E-state index in [-0.39, 0.29) is 19.0 Å². The molecule has 0 unspecified atom stereocenters. The maximum Gasteiger partial charge on any atom is 0.242 e. The van der Waals surface area contributed by atoms with E-state index in [0.717, 1.165) is 43.8 Å². The van der Waals surface area contributed by atoms with E-state index in [1.165, 1.54) is 6.07 Å². The van der Waals surface area contributed by atoms with E-state index in [2.05, 4.69) is 15.7 Å². The van der Waals surface area contributed by atoms with Gasteiger partial charge in [-0.3, -0.25) is 9.48 Å². The van der Waals surface area contributed by atoms with Crippen LogP contribution < -0.4 is 10.6 Å². The quantitative estimate of drug-likeness (QED) is 0.879. The van der Waals surface area contributed by atoms with Gasteiger partial charge in [-0.2, -0.15) is 5.10 Å². The van der Waals surface area contributed by atoms with E-state index in [1.807, 2.05) is 6.07 Å². The van der Waals surface area contributed by atoms with Crippen LogP contribution >= 0.6 is 0 Å². The van der Waals surface area contributed by atoms with Gasteiger partial charge in [0.2, 0.25) is 5.91 Å². The molecule has 2 heterocycles. The normalized spacial score (nSPS) is 17.7. The van der Waals surface area contributed by atoms with E-state index in [9.17, 15) is 13.6 Å². The highest BCUT2D eigenvalue weighted by atomic mass is 19.2. The number of amides is 1. The molecule has 1 aromatic heterocycles. The number of hydrogen-bond acceptors (Lipinski definition) is 3. The predicted octanol–water partition coefficient (Wildman–Crippen LogP) is 1.94. The van der Waals surface area contributed by atoms with Gasteiger partial charge in [0.15, 0.2) is 11.6 Å². The Morgan fingerprint density at radius 3 is 2.96 bits per heavy atom. The van der Waals surface area contributed by atoms with Crippen LogP contribution in [0, 0.1) is 11.6 Å². The summed E-state index contributed by atoms with van der Waals surface area (Å²) in [5.41, 5.74) is 1.56. The number of hydrogen-bond donors (Lipinski definition) is 2. The average molecular weight is 334 g/mol. The van der Waals surface area contributed by atoms with Gasteiger partial charge in [0.05, 0.1) is 0 Å². The molecule has 24 heavy (non-hydrogen) atoms. The first kappa shape index (κ1) is 16.6. The zero-order chi connectivity index (χ0) is 16.9. The lowest BCUT2D eigenvalue weighted by molar-refractivity contribution is -0.122. The standard InChI is InChI=1S/C17H20F2N4O/c18-14-4-3-12(8-15(14)19)9-21-17(24)11-23-16(5-7-22-23)13-2-1-6-20-10-13/h3-5,7-8,13,20H,1-2,6,9-11H2,(H,21,24)/t13-/m0/s1. The van der Waals surface area contributed by atoms with Crippen LogP contribution in [0.5, 0.6) is 0 Å². The Hall–Kier alpha value is -2.28. The number of nitrogens with zero attached hydrogens (tertiary/aromatic N) is 2. The Morgan fingerprint density at radius 1 is 1.33 bits per heavy atom. The van der Waals surface area contributed by atoms with Gasteiger partial charge in [-0.05, 0) is 43.1 Å². The average Bonchev–Trinajstić information content (AvgIpc) is 3.05. The van der Waals surface area contributed by atoms with Crippen LogP contribution in [0.25, 0.3) is 0 Å². The molecule has 0 bridgehead atoms. The molecular formula is C17H20F2N4O. The van der Waals surface area contributed by atoms with Crippen molar-refractivity contribution in [2.45, 2.75) is 31.8 Å². The van der Waals surface area contributed by atoms with Gasteiger partial charge in [0.1, 0.15) is 6.54 Å². The monoisotopic (exact) mass is 334 g/mol. The van der Waals surface area contributed by atoms with Crippen molar-refractivity contribution < 1.29 is 13.6 Å². The van der Waals surface area contributed by atoms with E-state index in [1.54, 1.807) is 10.9 Å². The highest BCUT2D eigenvalue weighted by molar-refractivity contribution is 5.75. The Balaban J connectivity index is 1.57. The highest BCUT2D eigenvalue weighted by Gasteiger charge is 2.19. The number of carbonyl (C=O) groups is 1. The summed E-state index contributed by atoms with van der Waals surface area (Å²) >= 11 is 0. The Bertz CT molecular complexity index is 710. The van der Waals surface area contributed by atoms with Crippen LogP contribution in [0.15, 0.2) is 30.5 Å². The first-order valence-electron chi connectivity index (χ1n) is 8.06. The number of aromatic nitrogens is 2. The minimum absolute atomic E-state index is 0.114. The number of carbonyl (C=O) groups excluding carboxylic acids is 1. The van der Waals surface area contributed by atoms with Crippen molar-refractivity contribution in [1.29, 1.82) is 0 Å². The Morgan fingerprint density at radius 2 is 2.21 bits per heavy atom. The minimum atomic E-state index is -0.916. The molecule has 7 heteroatoms. The molecular weight excluding hydrogens is 314 g/mol. The largest absolute Gasteiger partial charge is 0.350 e. The summed E-state index contributed by atoms with van der Waals surface area (Å²) in [6.45, 7) is 2.18. The molecule has 1 aromatic carbocycles. The van der Waals surface area contributed by atoms with Gasteiger partial charge in [0.25, 0.3) is 0 Å². The number of nitrogens with one attached hydrogen (secondary N) is 2. The molecule has 0 aliphatic carbocycles. The van der Waals surface area contributed by atoms with Crippen molar-refractivity contribution >= 4 is 5.91 Å². The Kier molecular flexibility index (Phi) is 5.20. The van der Waals surface area contributed by atoms with Crippen molar-refractivity contribution in [2.75, 3.05) is 13.1 Å². The van der Waals surface area contributed by atoms with E-state index >= 15 is 0 Å². The second-order valence-electron chi connectivity index (χ2n) is 5.98.